The Labute approximate surface area is 161 Å². The first kappa shape index (κ1) is 17.6. The molecule has 1 aromatic heterocycles. The number of rotatable bonds is 5. The minimum Gasteiger partial charge on any atom is -0.491 e. The van der Waals surface area contributed by atoms with E-state index in [1.165, 1.54) is 11.3 Å². The van der Waals surface area contributed by atoms with E-state index >= 15 is 0 Å². The van der Waals surface area contributed by atoms with Gasteiger partial charge in [-0.1, -0.05) is 23.5 Å². The van der Waals surface area contributed by atoms with Gasteiger partial charge in [-0.05, 0) is 31.5 Å². The molecule has 6 nitrogen and oxygen atoms in total. The van der Waals surface area contributed by atoms with E-state index in [0.29, 0.717) is 24.1 Å². The lowest BCUT2D eigenvalue weighted by atomic mass is 10.1. The number of fused-ring (bicyclic) bond motifs is 2. The van der Waals surface area contributed by atoms with Crippen molar-refractivity contribution in [2.45, 2.75) is 26.4 Å². The van der Waals surface area contributed by atoms with Crippen LogP contribution in [0, 0.1) is 0 Å². The van der Waals surface area contributed by atoms with Crippen LogP contribution in [0.25, 0.3) is 10.2 Å². The molecule has 3 aromatic rings. The molecule has 2 heterocycles. The summed E-state index contributed by atoms with van der Waals surface area (Å²) in [5.41, 5.74) is 1.68. The normalized spacial score (nSPS) is 13.0. The first-order valence-electron chi connectivity index (χ1n) is 8.82. The maximum absolute atomic E-state index is 12.4. The third-order valence-electron chi connectivity index (χ3n) is 3.93. The summed E-state index contributed by atoms with van der Waals surface area (Å²) < 4.78 is 17.8. The van der Waals surface area contributed by atoms with Gasteiger partial charge in [-0.25, -0.2) is 4.98 Å². The van der Waals surface area contributed by atoms with Crippen molar-refractivity contribution in [3.8, 4) is 17.2 Å². The van der Waals surface area contributed by atoms with Gasteiger partial charge in [0.05, 0.1) is 22.7 Å². The van der Waals surface area contributed by atoms with Crippen molar-refractivity contribution >= 4 is 32.6 Å². The first-order chi connectivity index (χ1) is 13.1. The van der Waals surface area contributed by atoms with Crippen LogP contribution in [0.5, 0.6) is 17.2 Å². The lowest BCUT2D eigenvalue weighted by Crippen LogP contribution is -2.15. The van der Waals surface area contributed by atoms with E-state index in [2.05, 4.69) is 10.3 Å². The standard InChI is InChI=1S/C20H20N2O4S/c1-12(2)26-14-5-3-4-13(8-14)9-19(23)22-20-21-15-10-16-17(11-18(15)27-20)25-7-6-24-16/h3-5,8,10-12H,6-7,9H2,1-2H3,(H,21,22,23). The molecule has 1 aliphatic rings. The van der Waals surface area contributed by atoms with Crippen molar-refractivity contribution in [1.82, 2.24) is 4.98 Å². The molecule has 0 aliphatic carbocycles. The van der Waals surface area contributed by atoms with Crippen molar-refractivity contribution in [2.24, 2.45) is 0 Å². The zero-order valence-electron chi connectivity index (χ0n) is 15.2. The number of nitrogens with one attached hydrogen (secondary N) is 1. The summed E-state index contributed by atoms with van der Waals surface area (Å²) in [4.78, 5) is 16.9. The molecule has 140 valence electrons. The van der Waals surface area contributed by atoms with Gasteiger partial charge in [0.2, 0.25) is 5.91 Å². The van der Waals surface area contributed by atoms with Crippen molar-refractivity contribution < 1.29 is 19.0 Å². The quantitative estimate of drug-likeness (QED) is 0.719. The molecule has 0 fully saturated rings. The second kappa shape index (κ2) is 7.44. The first-order valence-corrected chi connectivity index (χ1v) is 9.64. The molecule has 0 unspecified atom stereocenters. The van der Waals surface area contributed by atoms with Crippen LogP contribution in [0.15, 0.2) is 36.4 Å². The highest BCUT2D eigenvalue weighted by atomic mass is 32.1. The average molecular weight is 384 g/mol. The van der Waals surface area contributed by atoms with Crippen LogP contribution in [-0.4, -0.2) is 30.2 Å². The smallest absolute Gasteiger partial charge is 0.230 e. The molecule has 0 bridgehead atoms. The van der Waals surface area contributed by atoms with Crippen LogP contribution in [0.3, 0.4) is 0 Å². The highest BCUT2D eigenvalue weighted by Gasteiger charge is 2.16. The molecule has 1 aliphatic heterocycles. The summed E-state index contributed by atoms with van der Waals surface area (Å²) >= 11 is 1.42. The number of amides is 1. The Kier molecular flexibility index (Phi) is 4.85. The van der Waals surface area contributed by atoms with Crippen molar-refractivity contribution in [1.29, 1.82) is 0 Å². The molecule has 1 N–H and O–H groups in total. The van der Waals surface area contributed by atoms with Gasteiger partial charge in [-0.3, -0.25) is 4.79 Å². The molecule has 27 heavy (non-hydrogen) atoms. The lowest BCUT2D eigenvalue weighted by Gasteiger charge is -2.17. The summed E-state index contributed by atoms with van der Waals surface area (Å²) in [5.74, 6) is 2.06. The van der Waals surface area contributed by atoms with Crippen LogP contribution in [0.4, 0.5) is 5.13 Å². The monoisotopic (exact) mass is 384 g/mol. The zero-order valence-corrected chi connectivity index (χ0v) is 16.0. The number of benzene rings is 2. The Morgan fingerprint density at radius 2 is 2.00 bits per heavy atom. The minimum atomic E-state index is -0.118. The van der Waals surface area contributed by atoms with E-state index in [0.717, 1.165) is 27.3 Å². The van der Waals surface area contributed by atoms with E-state index in [9.17, 15) is 4.79 Å². The number of aromatic nitrogens is 1. The fraction of sp³-hybridized carbons (Fsp3) is 0.300. The van der Waals surface area contributed by atoms with E-state index in [4.69, 9.17) is 14.2 Å². The fourth-order valence-corrected chi connectivity index (χ4v) is 3.76. The number of nitrogens with zero attached hydrogens (tertiary/aromatic N) is 1. The number of hydrogen-bond donors (Lipinski definition) is 1. The number of anilines is 1. The molecular weight excluding hydrogens is 364 g/mol. The molecule has 1 amide bonds. The van der Waals surface area contributed by atoms with Crippen LogP contribution in [-0.2, 0) is 11.2 Å². The van der Waals surface area contributed by atoms with Gasteiger partial charge in [0.1, 0.15) is 19.0 Å². The van der Waals surface area contributed by atoms with Gasteiger partial charge in [0.25, 0.3) is 0 Å². The van der Waals surface area contributed by atoms with Gasteiger partial charge < -0.3 is 19.5 Å². The van der Waals surface area contributed by atoms with Gasteiger partial charge in [-0.2, -0.15) is 0 Å². The van der Waals surface area contributed by atoms with Crippen molar-refractivity contribution in [3.05, 3.63) is 42.0 Å². The van der Waals surface area contributed by atoms with Gasteiger partial charge in [-0.15, -0.1) is 0 Å². The number of carbonyl (C=O) groups is 1. The maximum atomic E-state index is 12.4. The predicted molar refractivity (Wildman–Crippen MR) is 105 cm³/mol. The predicted octanol–water partition coefficient (Wildman–Crippen LogP) is 4.04. The van der Waals surface area contributed by atoms with E-state index in [1.54, 1.807) is 0 Å². The Hall–Kier alpha value is -2.80. The highest BCUT2D eigenvalue weighted by Crippen LogP contribution is 2.37. The largest absolute Gasteiger partial charge is 0.491 e. The Balaban J connectivity index is 1.46. The second-order valence-corrected chi connectivity index (χ2v) is 7.55. The molecule has 0 saturated heterocycles. The lowest BCUT2D eigenvalue weighted by molar-refractivity contribution is -0.115. The molecule has 0 spiro atoms. The molecule has 0 radical (unpaired) electrons. The van der Waals surface area contributed by atoms with E-state index in [1.807, 2.05) is 50.2 Å². The van der Waals surface area contributed by atoms with Crippen LogP contribution in [0.1, 0.15) is 19.4 Å². The fourth-order valence-electron chi connectivity index (χ4n) is 2.87. The topological polar surface area (TPSA) is 69.7 Å². The van der Waals surface area contributed by atoms with Crippen molar-refractivity contribution in [3.63, 3.8) is 0 Å². The van der Waals surface area contributed by atoms with E-state index < -0.39 is 0 Å². The highest BCUT2D eigenvalue weighted by molar-refractivity contribution is 7.22. The van der Waals surface area contributed by atoms with Crippen LogP contribution >= 0.6 is 11.3 Å². The summed E-state index contributed by atoms with van der Waals surface area (Å²) in [6, 6.07) is 11.3. The molecule has 2 aromatic carbocycles. The summed E-state index contributed by atoms with van der Waals surface area (Å²) in [5, 5.41) is 3.44. The second-order valence-electron chi connectivity index (χ2n) is 6.52. The summed E-state index contributed by atoms with van der Waals surface area (Å²) in [6.07, 6.45) is 0.351. The van der Waals surface area contributed by atoms with Gasteiger partial charge in [0, 0.05) is 12.1 Å². The van der Waals surface area contributed by atoms with Crippen LogP contribution < -0.4 is 19.5 Å². The summed E-state index contributed by atoms with van der Waals surface area (Å²) in [7, 11) is 0. The number of thiazole rings is 1. The summed E-state index contributed by atoms with van der Waals surface area (Å²) in [6.45, 7) is 5.02. The SMILES string of the molecule is CC(C)Oc1cccc(CC(=O)Nc2nc3cc4c(cc3s2)OCCO4)c1. The Morgan fingerprint density at radius 1 is 1.22 bits per heavy atom. The third kappa shape index (κ3) is 4.14. The van der Waals surface area contributed by atoms with Crippen molar-refractivity contribution in [2.75, 3.05) is 18.5 Å². The van der Waals surface area contributed by atoms with Crippen LogP contribution in [0.2, 0.25) is 0 Å². The molecule has 7 heteroatoms. The molecule has 0 saturated carbocycles. The van der Waals surface area contributed by atoms with Gasteiger partial charge in [0.15, 0.2) is 16.6 Å². The molecular formula is C20H20N2O4S. The van der Waals surface area contributed by atoms with Gasteiger partial charge >= 0.3 is 0 Å². The third-order valence-corrected chi connectivity index (χ3v) is 4.87. The number of ether oxygens (including phenoxy) is 3. The minimum absolute atomic E-state index is 0.0932. The number of carbonyl (C=O) groups excluding carboxylic acids is 1. The number of hydrogen-bond acceptors (Lipinski definition) is 6. The Bertz CT molecular complexity index is 940. The molecule has 0 atom stereocenters. The zero-order chi connectivity index (χ0) is 18.8. The van der Waals surface area contributed by atoms with E-state index in [-0.39, 0.29) is 18.4 Å². The maximum Gasteiger partial charge on any atom is 0.230 e. The average Bonchev–Trinajstić information content (AvgIpc) is 3.00. The molecule has 4 rings (SSSR count). The Morgan fingerprint density at radius 3 is 2.78 bits per heavy atom.